The number of aryl methyl sites for hydroxylation is 1. The second-order valence-electron chi connectivity index (χ2n) is 2.24. The summed E-state index contributed by atoms with van der Waals surface area (Å²) in [6, 6.07) is 0. The van der Waals surface area contributed by atoms with Gasteiger partial charge in [0.05, 0.1) is 0 Å². The van der Waals surface area contributed by atoms with Crippen LogP contribution in [0.5, 0.6) is 0 Å². The first kappa shape index (κ1) is 8.25. The van der Waals surface area contributed by atoms with E-state index in [4.69, 9.17) is 5.11 Å². The highest BCUT2D eigenvalue weighted by molar-refractivity contribution is 7.10. The van der Waals surface area contributed by atoms with E-state index in [-0.39, 0.29) is 0 Å². The third kappa shape index (κ3) is 2.71. The van der Waals surface area contributed by atoms with Crippen molar-refractivity contribution in [1.82, 2.24) is 4.98 Å². The molecule has 0 saturated carbocycles. The molecule has 11 heavy (non-hydrogen) atoms. The molecule has 2 nitrogen and oxygen atoms in total. The number of aliphatic hydroxyl groups is 1. The van der Waals surface area contributed by atoms with Gasteiger partial charge < -0.3 is 5.11 Å². The Bertz CT molecular complexity index is 293. The summed E-state index contributed by atoms with van der Waals surface area (Å²) in [5.41, 5.74) is 0.977. The lowest BCUT2D eigenvalue weighted by Crippen LogP contribution is -1.92. The molecule has 1 rings (SSSR count). The maximum Gasteiger partial charge on any atom is 0.167 e. The summed E-state index contributed by atoms with van der Waals surface area (Å²) < 4.78 is 0. The molecule has 1 aromatic rings. The molecule has 0 saturated heterocycles. The summed E-state index contributed by atoms with van der Waals surface area (Å²) >= 11 is 1.50. The molecular formula is C8H9NOS. The zero-order valence-electron chi connectivity index (χ0n) is 6.46. The van der Waals surface area contributed by atoms with Crippen molar-refractivity contribution in [2.75, 3.05) is 0 Å². The average molecular weight is 167 g/mol. The molecule has 3 heteroatoms. The van der Waals surface area contributed by atoms with E-state index < -0.39 is 6.10 Å². The van der Waals surface area contributed by atoms with Gasteiger partial charge in [0.2, 0.25) is 0 Å². The Morgan fingerprint density at radius 3 is 2.91 bits per heavy atom. The van der Waals surface area contributed by atoms with Gasteiger partial charge in [0.15, 0.2) is 5.01 Å². The Kier molecular flexibility index (Phi) is 2.64. The van der Waals surface area contributed by atoms with Gasteiger partial charge in [0.25, 0.3) is 0 Å². The lowest BCUT2D eigenvalue weighted by Gasteiger charge is -1.84. The van der Waals surface area contributed by atoms with Gasteiger partial charge in [0, 0.05) is 11.1 Å². The Hall–Kier alpha value is -0.850. The van der Waals surface area contributed by atoms with Gasteiger partial charge in [-0.1, -0.05) is 5.92 Å². The Morgan fingerprint density at radius 1 is 1.73 bits per heavy atom. The summed E-state index contributed by atoms with van der Waals surface area (Å²) in [6.45, 7) is 3.55. The minimum absolute atomic E-state index is 0.570. The zero-order chi connectivity index (χ0) is 8.27. The van der Waals surface area contributed by atoms with E-state index in [0.29, 0.717) is 0 Å². The van der Waals surface area contributed by atoms with Crippen molar-refractivity contribution in [3.63, 3.8) is 0 Å². The van der Waals surface area contributed by atoms with Gasteiger partial charge in [-0.25, -0.2) is 4.98 Å². The van der Waals surface area contributed by atoms with Gasteiger partial charge >= 0.3 is 0 Å². The summed E-state index contributed by atoms with van der Waals surface area (Å²) in [6.07, 6.45) is -0.570. The molecule has 0 bridgehead atoms. The van der Waals surface area contributed by atoms with Gasteiger partial charge in [-0.15, -0.1) is 11.3 Å². The molecule has 1 unspecified atom stereocenters. The SMILES string of the molecule is Cc1csc(C#CC(C)O)n1. The van der Waals surface area contributed by atoms with Gasteiger partial charge in [0.1, 0.15) is 6.10 Å². The molecule has 0 amide bonds. The van der Waals surface area contributed by atoms with Gasteiger partial charge in [-0.05, 0) is 19.8 Å². The largest absolute Gasteiger partial charge is 0.381 e. The highest BCUT2D eigenvalue weighted by atomic mass is 32.1. The zero-order valence-corrected chi connectivity index (χ0v) is 7.27. The van der Waals surface area contributed by atoms with E-state index in [1.807, 2.05) is 12.3 Å². The van der Waals surface area contributed by atoms with Crippen LogP contribution in [-0.2, 0) is 0 Å². The molecule has 58 valence electrons. The van der Waals surface area contributed by atoms with Gasteiger partial charge in [-0.3, -0.25) is 0 Å². The number of aliphatic hydroxyl groups excluding tert-OH is 1. The standard InChI is InChI=1S/C8H9NOS/c1-6-5-11-8(9-6)4-3-7(2)10/h5,7,10H,1-2H3. The molecule has 0 aliphatic carbocycles. The highest BCUT2D eigenvalue weighted by Crippen LogP contribution is 2.06. The summed E-state index contributed by atoms with van der Waals surface area (Å²) in [5, 5.41) is 11.5. The molecule has 1 heterocycles. The van der Waals surface area contributed by atoms with Crippen LogP contribution in [-0.4, -0.2) is 16.2 Å². The lowest BCUT2D eigenvalue weighted by atomic mass is 10.4. The predicted octanol–water partition coefficient (Wildman–Crippen LogP) is 1.18. The van der Waals surface area contributed by atoms with Crippen LogP contribution in [0.15, 0.2) is 5.38 Å². The monoisotopic (exact) mass is 167 g/mol. The number of hydrogen-bond donors (Lipinski definition) is 1. The average Bonchev–Trinajstić information content (AvgIpc) is 2.31. The van der Waals surface area contributed by atoms with Crippen molar-refractivity contribution in [3.8, 4) is 11.8 Å². The topological polar surface area (TPSA) is 33.1 Å². The first-order valence-electron chi connectivity index (χ1n) is 3.30. The third-order valence-corrected chi connectivity index (χ3v) is 1.88. The molecule has 0 aliphatic heterocycles. The summed E-state index contributed by atoms with van der Waals surface area (Å²) in [7, 11) is 0. The minimum atomic E-state index is -0.570. The fourth-order valence-electron chi connectivity index (χ4n) is 0.578. The molecule has 1 aromatic heterocycles. The highest BCUT2D eigenvalue weighted by Gasteiger charge is 1.92. The molecule has 0 aliphatic rings. The number of hydrogen-bond acceptors (Lipinski definition) is 3. The molecule has 0 radical (unpaired) electrons. The van der Waals surface area contributed by atoms with Crippen LogP contribution < -0.4 is 0 Å². The van der Waals surface area contributed by atoms with Crippen molar-refractivity contribution in [2.45, 2.75) is 20.0 Å². The maximum atomic E-state index is 8.82. The molecular weight excluding hydrogens is 158 g/mol. The van der Waals surface area contributed by atoms with Crippen LogP contribution in [0.2, 0.25) is 0 Å². The minimum Gasteiger partial charge on any atom is -0.381 e. The van der Waals surface area contributed by atoms with Crippen molar-refractivity contribution in [3.05, 3.63) is 16.1 Å². The first-order chi connectivity index (χ1) is 5.18. The quantitative estimate of drug-likeness (QED) is 0.589. The fraction of sp³-hybridized carbons (Fsp3) is 0.375. The van der Waals surface area contributed by atoms with Crippen molar-refractivity contribution in [1.29, 1.82) is 0 Å². The Balaban J connectivity index is 2.74. The second-order valence-corrected chi connectivity index (χ2v) is 3.10. The maximum absolute atomic E-state index is 8.82. The first-order valence-corrected chi connectivity index (χ1v) is 4.18. The predicted molar refractivity (Wildman–Crippen MR) is 45.4 cm³/mol. The van der Waals surface area contributed by atoms with Crippen molar-refractivity contribution >= 4 is 11.3 Å². The van der Waals surface area contributed by atoms with E-state index in [0.717, 1.165) is 10.7 Å². The molecule has 0 aromatic carbocycles. The number of aromatic nitrogens is 1. The Labute approximate surface area is 69.9 Å². The normalized spacial score (nSPS) is 11.9. The van der Waals surface area contributed by atoms with E-state index in [1.165, 1.54) is 11.3 Å². The third-order valence-electron chi connectivity index (χ3n) is 1.01. The van der Waals surface area contributed by atoms with Crippen LogP contribution in [0, 0.1) is 18.8 Å². The molecule has 0 fully saturated rings. The molecule has 0 spiro atoms. The van der Waals surface area contributed by atoms with Crippen LogP contribution >= 0.6 is 11.3 Å². The van der Waals surface area contributed by atoms with Crippen molar-refractivity contribution < 1.29 is 5.11 Å². The molecule has 1 atom stereocenters. The van der Waals surface area contributed by atoms with Crippen LogP contribution in [0.3, 0.4) is 0 Å². The van der Waals surface area contributed by atoms with Crippen LogP contribution in [0.4, 0.5) is 0 Å². The molecule has 1 N–H and O–H groups in total. The van der Waals surface area contributed by atoms with Crippen LogP contribution in [0.1, 0.15) is 17.6 Å². The lowest BCUT2D eigenvalue weighted by molar-refractivity contribution is 0.253. The van der Waals surface area contributed by atoms with Crippen molar-refractivity contribution in [2.24, 2.45) is 0 Å². The van der Waals surface area contributed by atoms with Crippen LogP contribution in [0.25, 0.3) is 0 Å². The smallest absolute Gasteiger partial charge is 0.167 e. The van der Waals surface area contributed by atoms with Gasteiger partial charge in [-0.2, -0.15) is 0 Å². The van der Waals surface area contributed by atoms with E-state index in [2.05, 4.69) is 16.8 Å². The number of nitrogens with zero attached hydrogens (tertiary/aromatic N) is 1. The van der Waals surface area contributed by atoms with E-state index in [1.54, 1.807) is 6.92 Å². The fourth-order valence-corrected chi connectivity index (χ4v) is 1.23. The number of thiazole rings is 1. The second kappa shape index (κ2) is 3.51. The summed E-state index contributed by atoms with van der Waals surface area (Å²) in [5.74, 6) is 5.40. The summed E-state index contributed by atoms with van der Waals surface area (Å²) in [4.78, 5) is 4.12. The Morgan fingerprint density at radius 2 is 2.45 bits per heavy atom. The van der Waals surface area contributed by atoms with E-state index >= 15 is 0 Å². The number of rotatable bonds is 0. The van der Waals surface area contributed by atoms with E-state index in [9.17, 15) is 0 Å².